The highest BCUT2D eigenvalue weighted by Crippen LogP contribution is 2.20. The molecule has 0 atom stereocenters. The Kier molecular flexibility index (Phi) is 10.1. The standard InChI is InChI=1S/C28H36N2O5/c1-3-4-5-6-22-7-9-23(10-8-22)26(31)15-16-28(33)35-21-27(32)30-19-17-29(18-20-30)24-11-13-25(34-2)14-12-24/h7-14H,3-6,15-21H2,1-2H3. The molecular formula is C28H36N2O5. The van der Waals surface area contributed by atoms with Crippen molar-refractivity contribution in [3.63, 3.8) is 0 Å². The number of methoxy groups -OCH3 is 1. The van der Waals surface area contributed by atoms with Gasteiger partial charge in [0.25, 0.3) is 5.91 Å². The first kappa shape index (κ1) is 26.3. The molecule has 0 unspecified atom stereocenters. The fourth-order valence-electron chi connectivity index (χ4n) is 4.11. The van der Waals surface area contributed by atoms with E-state index >= 15 is 0 Å². The number of aryl methyl sites for hydroxylation is 1. The number of anilines is 1. The van der Waals surface area contributed by atoms with E-state index in [1.807, 2.05) is 48.5 Å². The van der Waals surface area contributed by atoms with Crippen LogP contribution in [0.25, 0.3) is 0 Å². The van der Waals surface area contributed by atoms with E-state index in [-0.39, 0.29) is 31.1 Å². The van der Waals surface area contributed by atoms with Crippen LogP contribution in [-0.4, -0.2) is 62.5 Å². The number of unbranched alkanes of at least 4 members (excludes halogenated alkanes) is 2. The summed E-state index contributed by atoms with van der Waals surface area (Å²) in [6, 6.07) is 15.4. The number of benzene rings is 2. The second-order valence-corrected chi connectivity index (χ2v) is 8.80. The Hall–Kier alpha value is -3.35. The van der Waals surface area contributed by atoms with Gasteiger partial charge in [0.2, 0.25) is 0 Å². The van der Waals surface area contributed by atoms with Crippen molar-refractivity contribution in [2.75, 3.05) is 44.8 Å². The molecule has 0 N–H and O–H groups in total. The van der Waals surface area contributed by atoms with Crippen molar-refractivity contribution in [1.82, 2.24) is 4.90 Å². The number of esters is 1. The van der Waals surface area contributed by atoms with Gasteiger partial charge >= 0.3 is 5.97 Å². The van der Waals surface area contributed by atoms with Crippen LogP contribution in [0.5, 0.6) is 5.75 Å². The van der Waals surface area contributed by atoms with Gasteiger partial charge in [-0.15, -0.1) is 0 Å². The summed E-state index contributed by atoms with van der Waals surface area (Å²) in [6.45, 7) is 4.43. The molecule has 7 heteroatoms. The maximum absolute atomic E-state index is 12.5. The molecule has 0 spiro atoms. The lowest BCUT2D eigenvalue weighted by molar-refractivity contribution is -0.152. The van der Waals surface area contributed by atoms with Crippen molar-refractivity contribution in [3.8, 4) is 5.75 Å². The number of carbonyl (C=O) groups excluding carboxylic acids is 3. The zero-order valence-corrected chi connectivity index (χ0v) is 20.8. The predicted molar refractivity (Wildman–Crippen MR) is 136 cm³/mol. The molecule has 3 rings (SSSR count). The maximum Gasteiger partial charge on any atom is 0.306 e. The highest BCUT2D eigenvalue weighted by atomic mass is 16.5. The molecule has 0 bridgehead atoms. The van der Waals surface area contributed by atoms with E-state index in [1.54, 1.807) is 12.0 Å². The Morgan fingerprint density at radius 3 is 2.17 bits per heavy atom. The summed E-state index contributed by atoms with van der Waals surface area (Å²) < 4.78 is 10.3. The molecule has 1 aliphatic heterocycles. The number of amides is 1. The van der Waals surface area contributed by atoms with Crippen molar-refractivity contribution in [1.29, 1.82) is 0 Å². The first-order valence-electron chi connectivity index (χ1n) is 12.4. The third-order valence-corrected chi connectivity index (χ3v) is 6.33. The van der Waals surface area contributed by atoms with Gasteiger partial charge in [-0.05, 0) is 42.7 Å². The molecule has 1 fully saturated rings. The minimum Gasteiger partial charge on any atom is -0.497 e. The van der Waals surface area contributed by atoms with E-state index in [2.05, 4.69) is 11.8 Å². The number of piperazine rings is 1. The van der Waals surface area contributed by atoms with Gasteiger partial charge in [-0.1, -0.05) is 44.0 Å². The number of rotatable bonds is 12. The van der Waals surface area contributed by atoms with Gasteiger partial charge in [0, 0.05) is 43.9 Å². The molecule has 0 aliphatic carbocycles. The van der Waals surface area contributed by atoms with Crippen molar-refractivity contribution in [3.05, 3.63) is 59.7 Å². The van der Waals surface area contributed by atoms with Crippen LogP contribution in [-0.2, 0) is 20.7 Å². The van der Waals surface area contributed by atoms with Crippen LogP contribution in [0.4, 0.5) is 5.69 Å². The Labute approximate surface area is 208 Å². The van der Waals surface area contributed by atoms with Crippen molar-refractivity contribution < 1.29 is 23.9 Å². The normalized spacial score (nSPS) is 13.4. The van der Waals surface area contributed by atoms with Crippen LogP contribution in [0.2, 0.25) is 0 Å². The SMILES string of the molecule is CCCCCc1ccc(C(=O)CCC(=O)OCC(=O)N2CCN(c3ccc(OC)cc3)CC2)cc1. The summed E-state index contributed by atoms with van der Waals surface area (Å²) in [7, 11) is 1.64. The van der Waals surface area contributed by atoms with Gasteiger partial charge in [0.05, 0.1) is 13.5 Å². The second kappa shape index (κ2) is 13.5. The average Bonchev–Trinajstić information content (AvgIpc) is 2.91. The van der Waals surface area contributed by atoms with Gasteiger partial charge in [-0.2, -0.15) is 0 Å². The van der Waals surface area contributed by atoms with Crippen molar-refractivity contribution in [2.24, 2.45) is 0 Å². The quantitative estimate of drug-likeness (QED) is 0.256. The predicted octanol–water partition coefficient (Wildman–Crippen LogP) is 4.28. The number of ketones is 1. The molecule has 1 amide bonds. The molecular weight excluding hydrogens is 444 g/mol. The van der Waals surface area contributed by atoms with Gasteiger partial charge in [0.15, 0.2) is 12.4 Å². The first-order chi connectivity index (χ1) is 17.0. The Balaban J connectivity index is 1.34. The minimum absolute atomic E-state index is 0.0321. The number of ether oxygens (including phenoxy) is 2. The number of nitrogens with zero attached hydrogens (tertiary/aromatic N) is 2. The van der Waals surface area contributed by atoms with Gasteiger partial charge in [-0.3, -0.25) is 14.4 Å². The molecule has 0 radical (unpaired) electrons. The van der Waals surface area contributed by atoms with Crippen LogP contribution < -0.4 is 9.64 Å². The maximum atomic E-state index is 12.5. The topological polar surface area (TPSA) is 76.2 Å². The molecule has 7 nitrogen and oxygen atoms in total. The lowest BCUT2D eigenvalue weighted by atomic mass is 10.0. The van der Waals surface area contributed by atoms with Gasteiger partial charge in [-0.25, -0.2) is 0 Å². The zero-order valence-electron chi connectivity index (χ0n) is 20.8. The summed E-state index contributed by atoms with van der Waals surface area (Å²) in [5, 5.41) is 0. The minimum atomic E-state index is -0.528. The van der Waals surface area contributed by atoms with Crippen LogP contribution in [0.1, 0.15) is 54.9 Å². The summed E-state index contributed by atoms with van der Waals surface area (Å²) in [4.78, 5) is 40.9. The van der Waals surface area contributed by atoms with Crippen molar-refractivity contribution >= 4 is 23.3 Å². The molecule has 2 aromatic carbocycles. The van der Waals surface area contributed by atoms with Crippen molar-refractivity contribution in [2.45, 2.75) is 45.4 Å². The summed E-state index contributed by atoms with van der Waals surface area (Å²) in [5.41, 5.74) is 2.90. The lowest BCUT2D eigenvalue weighted by Gasteiger charge is -2.36. The van der Waals surface area contributed by atoms with Crippen LogP contribution in [0.15, 0.2) is 48.5 Å². The van der Waals surface area contributed by atoms with Crippen LogP contribution in [0, 0.1) is 0 Å². The summed E-state index contributed by atoms with van der Waals surface area (Å²) in [5.74, 6) is -0.0256. The number of hydrogen-bond acceptors (Lipinski definition) is 6. The molecule has 0 saturated carbocycles. The van der Waals surface area contributed by atoms with E-state index in [0.717, 1.165) is 24.3 Å². The number of Topliss-reactive ketones (excluding diaryl/α,β-unsaturated/α-hetero) is 1. The number of hydrogen-bond donors (Lipinski definition) is 0. The molecule has 0 aromatic heterocycles. The van der Waals surface area contributed by atoms with E-state index in [1.165, 1.54) is 18.4 Å². The molecule has 35 heavy (non-hydrogen) atoms. The van der Waals surface area contributed by atoms with E-state index in [0.29, 0.717) is 31.7 Å². The van der Waals surface area contributed by atoms with E-state index in [4.69, 9.17) is 9.47 Å². The largest absolute Gasteiger partial charge is 0.497 e. The highest BCUT2D eigenvalue weighted by molar-refractivity contribution is 5.97. The second-order valence-electron chi connectivity index (χ2n) is 8.80. The fourth-order valence-corrected chi connectivity index (χ4v) is 4.11. The monoisotopic (exact) mass is 480 g/mol. The van der Waals surface area contributed by atoms with Gasteiger partial charge < -0.3 is 19.3 Å². The third kappa shape index (κ3) is 8.12. The Morgan fingerprint density at radius 2 is 1.54 bits per heavy atom. The Bertz CT molecular complexity index is 964. The number of carbonyl (C=O) groups is 3. The molecule has 188 valence electrons. The zero-order chi connectivity index (χ0) is 25.0. The van der Waals surface area contributed by atoms with E-state index in [9.17, 15) is 14.4 Å². The lowest BCUT2D eigenvalue weighted by Crippen LogP contribution is -2.49. The molecule has 2 aromatic rings. The van der Waals surface area contributed by atoms with Gasteiger partial charge in [0.1, 0.15) is 5.75 Å². The van der Waals surface area contributed by atoms with Crippen LogP contribution in [0.3, 0.4) is 0 Å². The Morgan fingerprint density at radius 1 is 0.857 bits per heavy atom. The smallest absolute Gasteiger partial charge is 0.306 e. The fraction of sp³-hybridized carbons (Fsp3) is 0.464. The molecule has 1 heterocycles. The summed E-state index contributed by atoms with van der Waals surface area (Å²) >= 11 is 0. The molecule has 1 saturated heterocycles. The molecule has 1 aliphatic rings. The average molecular weight is 481 g/mol. The highest BCUT2D eigenvalue weighted by Gasteiger charge is 2.22. The van der Waals surface area contributed by atoms with Crippen LogP contribution >= 0.6 is 0 Å². The third-order valence-electron chi connectivity index (χ3n) is 6.33. The van der Waals surface area contributed by atoms with E-state index < -0.39 is 5.97 Å². The summed E-state index contributed by atoms with van der Waals surface area (Å²) in [6.07, 6.45) is 4.58. The first-order valence-corrected chi connectivity index (χ1v) is 12.4.